The lowest BCUT2D eigenvalue weighted by atomic mass is 9.86. The lowest BCUT2D eigenvalue weighted by Gasteiger charge is -2.18. The molecule has 25 heavy (non-hydrogen) atoms. The third kappa shape index (κ3) is 4.48. The molecule has 0 saturated heterocycles. The Kier molecular flexibility index (Phi) is 5.60. The number of aromatic nitrogens is 1. The molecule has 0 saturated carbocycles. The number of urea groups is 1. The summed E-state index contributed by atoms with van der Waals surface area (Å²) in [6.07, 6.45) is 3.27. The second kappa shape index (κ2) is 7.67. The minimum Gasteiger partial charge on any atom is -0.495 e. The van der Waals surface area contributed by atoms with Crippen LogP contribution < -0.4 is 15.4 Å². The van der Waals surface area contributed by atoms with E-state index >= 15 is 0 Å². The smallest absolute Gasteiger partial charge is 0.319 e. The van der Waals surface area contributed by atoms with Gasteiger partial charge < -0.3 is 15.4 Å². The normalized spacial score (nSPS) is 12.0. The summed E-state index contributed by atoms with van der Waals surface area (Å²) in [6, 6.07) is 10.8. The molecule has 6 heteroatoms. The molecule has 0 aliphatic carbocycles. The van der Waals surface area contributed by atoms with Crippen molar-refractivity contribution in [3.8, 4) is 11.8 Å². The van der Waals surface area contributed by atoms with Gasteiger partial charge in [0.1, 0.15) is 5.75 Å². The van der Waals surface area contributed by atoms with E-state index in [4.69, 9.17) is 10.00 Å². The zero-order valence-corrected chi connectivity index (χ0v) is 14.8. The molecule has 2 aromatic rings. The molecule has 1 aromatic heterocycles. The molecule has 0 spiro atoms. The molecule has 0 radical (unpaired) electrons. The fraction of sp³-hybridized carbons (Fsp3) is 0.316. The van der Waals surface area contributed by atoms with Crippen molar-refractivity contribution in [2.45, 2.75) is 32.2 Å². The number of amides is 2. The summed E-state index contributed by atoms with van der Waals surface area (Å²) in [4.78, 5) is 16.2. The molecular weight excluding hydrogens is 316 g/mol. The number of benzene rings is 1. The van der Waals surface area contributed by atoms with Crippen LogP contribution in [0.5, 0.6) is 5.75 Å². The summed E-state index contributed by atoms with van der Waals surface area (Å²) in [5, 5.41) is 14.8. The van der Waals surface area contributed by atoms with Crippen LogP contribution in [0.3, 0.4) is 0 Å². The van der Waals surface area contributed by atoms with Crippen LogP contribution in [-0.2, 0) is 5.41 Å². The van der Waals surface area contributed by atoms with Crippen molar-refractivity contribution in [2.24, 2.45) is 0 Å². The molecular formula is C19H22N4O2. The summed E-state index contributed by atoms with van der Waals surface area (Å²) in [5.41, 5.74) is 1.84. The van der Waals surface area contributed by atoms with Gasteiger partial charge in [0.2, 0.25) is 0 Å². The van der Waals surface area contributed by atoms with Crippen molar-refractivity contribution in [1.82, 2.24) is 10.3 Å². The van der Waals surface area contributed by atoms with E-state index in [1.54, 1.807) is 31.6 Å². The Hall–Kier alpha value is -3.07. The van der Waals surface area contributed by atoms with Gasteiger partial charge in [-0.2, -0.15) is 5.26 Å². The van der Waals surface area contributed by atoms with Crippen LogP contribution in [0, 0.1) is 11.3 Å². The third-order valence-corrected chi connectivity index (χ3v) is 3.99. The largest absolute Gasteiger partial charge is 0.495 e. The van der Waals surface area contributed by atoms with Crippen LogP contribution in [-0.4, -0.2) is 18.1 Å². The quantitative estimate of drug-likeness (QED) is 0.868. The van der Waals surface area contributed by atoms with Gasteiger partial charge in [0.05, 0.1) is 30.8 Å². The number of anilines is 1. The van der Waals surface area contributed by atoms with Crippen LogP contribution in [0.15, 0.2) is 42.7 Å². The molecule has 0 aliphatic heterocycles. The highest BCUT2D eigenvalue weighted by Gasteiger charge is 2.19. The van der Waals surface area contributed by atoms with Gasteiger partial charge in [-0.25, -0.2) is 4.79 Å². The average molecular weight is 338 g/mol. The number of nitrogens with zero attached hydrogens (tertiary/aromatic N) is 2. The highest BCUT2D eigenvalue weighted by atomic mass is 16.5. The molecule has 0 aliphatic rings. The molecule has 0 bridgehead atoms. The highest BCUT2D eigenvalue weighted by molar-refractivity contribution is 5.89. The van der Waals surface area contributed by atoms with Gasteiger partial charge in [-0.15, -0.1) is 0 Å². The minimum absolute atomic E-state index is 0.241. The van der Waals surface area contributed by atoms with Gasteiger partial charge in [0.15, 0.2) is 0 Å². The maximum atomic E-state index is 12.2. The van der Waals surface area contributed by atoms with E-state index in [0.29, 0.717) is 11.4 Å². The van der Waals surface area contributed by atoms with Crippen LogP contribution in [0.4, 0.5) is 10.5 Å². The van der Waals surface area contributed by atoms with Crippen molar-refractivity contribution in [3.63, 3.8) is 0 Å². The average Bonchev–Trinajstić information content (AvgIpc) is 2.62. The second-order valence-corrected chi connectivity index (χ2v) is 6.25. The first-order valence-electron chi connectivity index (χ1n) is 7.94. The molecule has 1 atom stereocenters. The third-order valence-electron chi connectivity index (χ3n) is 3.99. The standard InChI is InChI=1S/C19H22N4O2/c1-13(16-9-10-21-11-17(16)25-4)22-18(24)23-15-7-5-14(6-8-15)19(2,3)12-20/h5-11,13H,1-4H3,(H2,22,23,24)/t13-/m0/s1. The van der Waals surface area contributed by atoms with Crippen LogP contribution in [0.1, 0.15) is 37.9 Å². The van der Waals surface area contributed by atoms with Crippen LogP contribution >= 0.6 is 0 Å². The topological polar surface area (TPSA) is 87.0 Å². The number of nitriles is 1. The number of nitrogens with one attached hydrogen (secondary N) is 2. The van der Waals surface area contributed by atoms with E-state index in [2.05, 4.69) is 21.7 Å². The molecule has 130 valence electrons. The minimum atomic E-state index is -0.562. The predicted octanol–water partition coefficient (Wildman–Crippen LogP) is 3.77. The van der Waals surface area contributed by atoms with E-state index in [9.17, 15) is 4.79 Å². The van der Waals surface area contributed by atoms with Crippen molar-refractivity contribution in [3.05, 3.63) is 53.9 Å². The number of hydrogen-bond acceptors (Lipinski definition) is 4. The van der Waals surface area contributed by atoms with Gasteiger partial charge in [0, 0.05) is 17.4 Å². The Morgan fingerprint density at radius 3 is 2.56 bits per heavy atom. The Labute approximate surface area is 147 Å². The van der Waals surface area contributed by atoms with Crippen molar-refractivity contribution < 1.29 is 9.53 Å². The van der Waals surface area contributed by atoms with Crippen molar-refractivity contribution in [1.29, 1.82) is 5.26 Å². The van der Waals surface area contributed by atoms with Gasteiger partial charge in [-0.3, -0.25) is 4.98 Å². The number of carbonyl (C=O) groups is 1. The summed E-state index contributed by atoms with van der Waals surface area (Å²) in [7, 11) is 1.57. The molecule has 1 aromatic carbocycles. The Morgan fingerprint density at radius 1 is 1.28 bits per heavy atom. The number of pyridine rings is 1. The first-order valence-corrected chi connectivity index (χ1v) is 7.94. The number of hydrogen-bond donors (Lipinski definition) is 2. The van der Waals surface area contributed by atoms with E-state index in [1.807, 2.05) is 39.0 Å². The van der Waals surface area contributed by atoms with E-state index < -0.39 is 5.41 Å². The van der Waals surface area contributed by atoms with E-state index in [0.717, 1.165) is 11.1 Å². The molecule has 1 heterocycles. The lowest BCUT2D eigenvalue weighted by molar-refractivity contribution is 0.249. The predicted molar refractivity (Wildman–Crippen MR) is 96.4 cm³/mol. The van der Waals surface area contributed by atoms with Gasteiger partial charge in [0.25, 0.3) is 0 Å². The van der Waals surface area contributed by atoms with E-state index in [1.165, 1.54) is 0 Å². The molecule has 2 rings (SSSR count). The fourth-order valence-electron chi connectivity index (χ4n) is 2.40. The summed E-state index contributed by atoms with van der Waals surface area (Å²) in [6.45, 7) is 5.58. The number of carbonyl (C=O) groups excluding carboxylic acids is 1. The summed E-state index contributed by atoms with van der Waals surface area (Å²) >= 11 is 0. The van der Waals surface area contributed by atoms with Crippen molar-refractivity contribution >= 4 is 11.7 Å². The fourth-order valence-corrected chi connectivity index (χ4v) is 2.40. The molecule has 2 N–H and O–H groups in total. The first-order chi connectivity index (χ1) is 11.9. The van der Waals surface area contributed by atoms with Crippen LogP contribution in [0.25, 0.3) is 0 Å². The number of ether oxygens (including phenoxy) is 1. The molecule has 6 nitrogen and oxygen atoms in total. The molecule has 2 amide bonds. The first kappa shape index (κ1) is 18.3. The summed E-state index contributed by atoms with van der Waals surface area (Å²) < 4.78 is 5.26. The Balaban J connectivity index is 2.02. The zero-order valence-electron chi connectivity index (χ0n) is 14.8. The van der Waals surface area contributed by atoms with Gasteiger partial charge >= 0.3 is 6.03 Å². The SMILES string of the molecule is COc1cnccc1[C@H](C)NC(=O)Nc1ccc(C(C)(C)C#N)cc1. The lowest BCUT2D eigenvalue weighted by Crippen LogP contribution is -2.31. The molecule has 0 fully saturated rings. The highest BCUT2D eigenvalue weighted by Crippen LogP contribution is 2.25. The monoisotopic (exact) mass is 338 g/mol. The Bertz CT molecular complexity index is 779. The zero-order chi connectivity index (χ0) is 18.4. The second-order valence-electron chi connectivity index (χ2n) is 6.25. The van der Waals surface area contributed by atoms with Gasteiger partial charge in [-0.05, 0) is 44.5 Å². The van der Waals surface area contributed by atoms with Crippen LogP contribution in [0.2, 0.25) is 0 Å². The van der Waals surface area contributed by atoms with Crippen molar-refractivity contribution in [2.75, 3.05) is 12.4 Å². The number of rotatable bonds is 5. The van der Waals surface area contributed by atoms with Gasteiger partial charge in [-0.1, -0.05) is 12.1 Å². The van der Waals surface area contributed by atoms with E-state index in [-0.39, 0.29) is 12.1 Å². The maximum Gasteiger partial charge on any atom is 0.319 e. The Morgan fingerprint density at radius 2 is 1.96 bits per heavy atom. The maximum absolute atomic E-state index is 12.2. The number of methoxy groups -OCH3 is 1. The molecule has 0 unspecified atom stereocenters. The summed E-state index contributed by atoms with van der Waals surface area (Å²) in [5.74, 6) is 0.624.